The van der Waals surface area contributed by atoms with Gasteiger partial charge in [0.2, 0.25) is 0 Å². The third-order valence-corrected chi connectivity index (χ3v) is 5.34. The molecule has 2 N–H and O–H groups in total. The lowest BCUT2D eigenvalue weighted by Crippen LogP contribution is -2.05. The quantitative estimate of drug-likeness (QED) is 0.372. The first-order valence-corrected chi connectivity index (χ1v) is 9.89. The molecule has 0 fully saturated rings. The highest BCUT2D eigenvalue weighted by atomic mass is 16.4. The Hall–Kier alpha value is -4.58. The molecule has 32 heavy (non-hydrogen) atoms. The van der Waals surface area contributed by atoms with Crippen LogP contribution in [0.5, 0.6) is 0 Å². The minimum Gasteiger partial charge on any atom is -0.478 e. The van der Waals surface area contributed by atoms with Crippen LogP contribution in [0.4, 0.5) is 0 Å². The van der Waals surface area contributed by atoms with E-state index in [9.17, 15) is 19.8 Å². The van der Waals surface area contributed by atoms with Crippen LogP contribution in [0.25, 0.3) is 44.3 Å². The lowest BCUT2D eigenvalue weighted by atomic mass is 9.96. The van der Waals surface area contributed by atoms with Crippen LogP contribution in [0.15, 0.2) is 84.9 Å². The molecule has 0 aliphatic rings. The highest BCUT2D eigenvalue weighted by Gasteiger charge is 2.21. The molecule has 0 aliphatic heterocycles. The minimum absolute atomic E-state index is 0.0174. The normalized spacial score (nSPS) is 11.0. The number of carboxylic acids is 2. The van der Waals surface area contributed by atoms with Crippen molar-refractivity contribution in [1.82, 2.24) is 9.97 Å². The molecule has 0 spiro atoms. The zero-order valence-corrected chi connectivity index (χ0v) is 16.7. The van der Waals surface area contributed by atoms with Crippen molar-refractivity contribution >= 4 is 33.7 Å². The second-order valence-electron chi connectivity index (χ2n) is 7.31. The zero-order valence-electron chi connectivity index (χ0n) is 16.7. The Bertz CT molecular complexity index is 1400. The fraction of sp³-hybridized carbons (Fsp3) is 0. The van der Waals surface area contributed by atoms with Gasteiger partial charge in [-0.25, -0.2) is 19.6 Å². The maximum Gasteiger partial charge on any atom is 0.336 e. The highest BCUT2D eigenvalue weighted by molar-refractivity contribution is 6.20. The molecule has 0 saturated heterocycles. The van der Waals surface area contributed by atoms with Crippen LogP contribution in [0, 0.1) is 0 Å². The lowest BCUT2D eigenvalue weighted by molar-refractivity contribution is 0.0686. The minimum atomic E-state index is -1.16. The summed E-state index contributed by atoms with van der Waals surface area (Å²) in [7, 11) is 0. The van der Waals surface area contributed by atoms with Gasteiger partial charge in [0.25, 0.3) is 0 Å². The molecule has 154 valence electrons. The van der Waals surface area contributed by atoms with E-state index in [4.69, 9.17) is 0 Å². The zero-order chi connectivity index (χ0) is 22.2. The number of hydrogen-bond donors (Lipinski definition) is 2. The summed E-state index contributed by atoms with van der Waals surface area (Å²) in [6, 6.07) is 24.8. The van der Waals surface area contributed by atoms with Crippen molar-refractivity contribution in [2.45, 2.75) is 0 Å². The molecule has 0 unspecified atom stereocenters. The molecule has 6 heteroatoms. The predicted octanol–water partition coefficient (Wildman–Crippen LogP) is 5.51. The number of carboxylic acid groups (broad SMARTS) is 2. The fourth-order valence-electron chi connectivity index (χ4n) is 3.91. The first kappa shape index (κ1) is 19.4. The van der Waals surface area contributed by atoms with Gasteiger partial charge in [0, 0.05) is 21.9 Å². The van der Waals surface area contributed by atoms with E-state index in [0.717, 1.165) is 11.1 Å². The van der Waals surface area contributed by atoms with Gasteiger partial charge in [0.05, 0.1) is 33.5 Å². The Kier molecular flexibility index (Phi) is 4.60. The van der Waals surface area contributed by atoms with Crippen LogP contribution in [-0.2, 0) is 0 Å². The molecule has 2 heterocycles. The van der Waals surface area contributed by atoms with Gasteiger partial charge in [-0.2, -0.15) is 0 Å². The third kappa shape index (κ3) is 3.24. The van der Waals surface area contributed by atoms with Crippen molar-refractivity contribution in [3.8, 4) is 22.5 Å². The standard InChI is InChI=1S/C26H16N2O4/c29-25(30)17-13-21(15-7-3-1-4-8-15)27-19-11-12-20-24(23(17)19)18(26(31)32)14-22(28-20)16-9-5-2-6-10-16/h1-14H,(H,29,30)(H,31,32). The molecular formula is C26H16N2O4. The number of aromatic carboxylic acids is 2. The lowest BCUT2D eigenvalue weighted by Gasteiger charge is -2.13. The molecule has 5 rings (SSSR count). The van der Waals surface area contributed by atoms with Gasteiger partial charge < -0.3 is 10.2 Å². The van der Waals surface area contributed by atoms with Crippen LogP contribution >= 0.6 is 0 Å². The van der Waals surface area contributed by atoms with Crippen molar-refractivity contribution in [1.29, 1.82) is 0 Å². The first-order valence-electron chi connectivity index (χ1n) is 9.89. The molecule has 0 saturated carbocycles. The van der Waals surface area contributed by atoms with E-state index in [0.29, 0.717) is 22.4 Å². The van der Waals surface area contributed by atoms with Crippen LogP contribution < -0.4 is 0 Å². The number of carbonyl (C=O) groups is 2. The van der Waals surface area contributed by atoms with Gasteiger partial charge in [0.15, 0.2) is 0 Å². The number of pyridine rings is 2. The van der Waals surface area contributed by atoms with E-state index >= 15 is 0 Å². The van der Waals surface area contributed by atoms with Crippen molar-refractivity contribution in [3.63, 3.8) is 0 Å². The van der Waals surface area contributed by atoms with Crippen LogP contribution in [0.3, 0.4) is 0 Å². The first-order chi connectivity index (χ1) is 15.5. The number of benzene rings is 3. The van der Waals surface area contributed by atoms with Gasteiger partial charge in [-0.1, -0.05) is 60.7 Å². The molecule has 3 aromatic carbocycles. The number of aromatic nitrogens is 2. The van der Waals surface area contributed by atoms with E-state index in [1.807, 2.05) is 60.7 Å². The second-order valence-corrected chi connectivity index (χ2v) is 7.31. The van der Waals surface area contributed by atoms with Gasteiger partial charge >= 0.3 is 11.9 Å². The van der Waals surface area contributed by atoms with E-state index < -0.39 is 11.9 Å². The molecule has 6 nitrogen and oxygen atoms in total. The number of hydrogen-bond acceptors (Lipinski definition) is 4. The Morgan fingerprint density at radius 3 is 1.28 bits per heavy atom. The van der Waals surface area contributed by atoms with Crippen molar-refractivity contribution in [3.05, 3.63) is 96.1 Å². The van der Waals surface area contributed by atoms with Gasteiger partial charge in [-0.3, -0.25) is 0 Å². The predicted molar refractivity (Wildman–Crippen MR) is 122 cm³/mol. The van der Waals surface area contributed by atoms with Gasteiger partial charge in [0.1, 0.15) is 0 Å². The SMILES string of the molecule is O=C(O)c1cc(-c2ccccc2)nc2ccc3nc(-c4ccccc4)cc(C(=O)O)c3c12. The number of fused-ring (bicyclic) bond motifs is 3. The van der Waals surface area contributed by atoms with Crippen molar-refractivity contribution in [2.75, 3.05) is 0 Å². The number of nitrogens with zero attached hydrogens (tertiary/aromatic N) is 2. The third-order valence-electron chi connectivity index (χ3n) is 5.34. The smallest absolute Gasteiger partial charge is 0.336 e. The molecule has 2 aromatic heterocycles. The van der Waals surface area contributed by atoms with E-state index in [-0.39, 0.29) is 21.9 Å². The number of rotatable bonds is 4. The van der Waals surface area contributed by atoms with E-state index in [1.54, 1.807) is 12.1 Å². The summed E-state index contributed by atoms with van der Waals surface area (Å²) in [6.45, 7) is 0. The fourth-order valence-corrected chi connectivity index (χ4v) is 3.91. The maximum absolute atomic E-state index is 12.2. The van der Waals surface area contributed by atoms with Crippen LogP contribution in [-0.4, -0.2) is 32.1 Å². The Balaban J connectivity index is 1.88. The summed E-state index contributed by atoms with van der Waals surface area (Å²) in [5, 5.41) is 20.5. The van der Waals surface area contributed by atoms with Crippen molar-refractivity contribution in [2.24, 2.45) is 0 Å². The summed E-state index contributed by atoms with van der Waals surface area (Å²) in [4.78, 5) is 33.7. The van der Waals surface area contributed by atoms with Gasteiger partial charge in [-0.15, -0.1) is 0 Å². The second kappa shape index (κ2) is 7.59. The molecule has 0 amide bonds. The van der Waals surface area contributed by atoms with E-state index in [1.165, 1.54) is 12.1 Å². The maximum atomic E-state index is 12.2. The van der Waals surface area contributed by atoms with E-state index in [2.05, 4.69) is 9.97 Å². The highest BCUT2D eigenvalue weighted by Crippen LogP contribution is 2.34. The van der Waals surface area contributed by atoms with Crippen molar-refractivity contribution < 1.29 is 19.8 Å². The summed E-state index contributed by atoms with van der Waals surface area (Å²) in [5.41, 5.74) is 3.30. The Morgan fingerprint density at radius 1 is 0.562 bits per heavy atom. The Morgan fingerprint density at radius 2 is 0.938 bits per heavy atom. The molecule has 0 radical (unpaired) electrons. The molecule has 0 aliphatic carbocycles. The average Bonchev–Trinajstić information content (AvgIpc) is 2.83. The Labute approximate surface area is 182 Å². The van der Waals surface area contributed by atoms with Crippen LogP contribution in [0.2, 0.25) is 0 Å². The molecule has 0 atom stereocenters. The monoisotopic (exact) mass is 420 g/mol. The van der Waals surface area contributed by atoms with Gasteiger partial charge in [-0.05, 0) is 24.3 Å². The average molecular weight is 420 g/mol. The summed E-state index contributed by atoms with van der Waals surface area (Å²) in [6.07, 6.45) is 0. The molecule has 5 aromatic rings. The summed E-state index contributed by atoms with van der Waals surface area (Å²) in [5.74, 6) is -2.32. The molecular weight excluding hydrogens is 404 g/mol. The molecule has 0 bridgehead atoms. The summed E-state index contributed by atoms with van der Waals surface area (Å²) < 4.78 is 0. The van der Waals surface area contributed by atoms with Crippen LogP contribution in [0.1, 0.15) is 20.7 Å². The summed E-state index contributed by atoms with van der Waals surface area (Å²) >= 11 is 0. The largest absolute Gasteiger partial charge is 0.478 e. The topological polar surface area (TPSA) is 100 Å².